The molecule has 1 saturated carbocycles. The smallest absolute Gasteiger partial charge is 0.0648 e. The van der Waals surface area contributed by atoms with Gasteiger partial charge in [0.25, 0.3) is 0 Å². The van der Waals surface area contributed by atoms with Crippen molar-refractivity contribution in [2.24, 2.45) is 17.3 Å². The Labute approximate surface area is 108 Å². The molecule has 0 saturated heterocycles. The highest BCUT2D eigenvalue weighted by Crippen LogP contribution is 2.38. The van der Waals surface area contributed by atoms with E-state index >= 15 is 0 Å². The maximum Gasteiger partial charge on any atom is 0.0648 e. The molecule has 0 aromatic carbocycles. The first-order valence-corrected chi connectivity index (χ1v) is 7.44. The van der Waals surface area contributed by atoms with Crippen LogP contribution in [0.1, 0.15) is 79.6 Å². The Morgan fingerprint density at radius 3 is 2.35 bits per heavy atom. The van der Waals surface area contributed by atoms with Crippen LogP contribution in [0, 0.1) is 17.3 Å². The second-order valence-electron chi connectivity index (χ2n) is 7.72. The van der Waals surface area contributed by atoms with Gasteiger partial charge in [-0.05, 0) is 49.4 Å². The number of rotatable bonds is 3. The Bertz CT molecular complexity index is 226. The van der Waals surface area contributed by atoms with Gasteiger partial charge in [0.1, 0.15) is 0 Å². The van der Waals surface area contributed by atoms with E-state index in [0.717, 1.165) is 37.5 Å². The summed E-state index contributed by atoms with van der Waals surface area (Å²) in [5.41, 5.74) is -0.0175. The van der Waals surface area contributed by atoms with Crippen LogP contribution in [-0.4, -0.2) is 10.7 Å². The van der Waals surface area contributed by atoms with Gasteiger partial charge in [-0.2, -0.15) is 0 Å². The fourth-order valence-corrected chi connectivity index (χ4v) is 2.94. The van der Waals surface area contributed by atoms with Crippen LogP contribution in [0.15, 0.2) is 0 Å². The lowest BCUT2D eigenvalue weighted by Gasteiger charge is -2.30. The van der Waals surface area contributed by atoms with E-state index in [-0.39, 0.29) is 5.60 Å². The van der Waals surface area contributed by atoms with E-state index < -0.39 is 0 Å². The highest BCUT2D eigenvalue weighted by Gasteiger charge is 2.32. The van der Waals surface area contributed by atoms with Crippen molar-refractivity contribution in [1.29, 1.82) is 0 Å². The molecule has 0 amide bonds. The van der Waals surface area contributed by atoms with Gasteiger partial charge < -0.3 is 5.11 Å². The van der Waals surface area contributed by atoms with Crippen molar-refractivity contribution in [2.75, 3.05) is 0 Å². The molecule has 17 heavy (non-hydrogen) atoms. The molecule has 1 rings (SSSR count). The van der Waals surface area contributed by atoms with Gasteiger partial charge in [-0.3, -0.25) is 0 Å². The van der Waals surface area contributed by atoms with Gasteiger partial charge in [0.15, 0.2) is 0 Å². The first-order chi connectivity index (χ1) is 7.72. The molecule has 0 radical (unpaired) electrons. The van der Waals surface area contributed by atoms with Crippen LogP contribution in [0.25, 0.3) is 0 Å². The van der Waals surface area contributed by atoms with E-state index in [1.54, 1.807) is 0 Å². The average molecular weight is 240 g/mol. The lowest BCUT2D eigenvalue weighted by molar-refractivity contribution is 0.00531. The Hall–Kier alpha value is -0.0400. The van der Waals surface area contributed by atoms with Gasteiger partial charge in [0.2, 0.25) is 0 Å². The highest BCUT2D eigenvalue weighted by molar-refractivity contribution is 4.85. The second-order valence-corrected chi connectivity index (χ2v) is 7.72. The fraction of sp³-hybridized carbons (Fsp3) is 1.00. The van der Waals surface area contributed by atoms with Crippen molar-refractivity contribution in [3.63, 3.8) is 0 Å². The lowest BCUT2D eigenvalue weighted by Crippen LogP contribution is -2.29. The molecule has 0 aromatic heterocycles. The zero-order chi connectivity index (χ0) is 13.1. The van der Waals surface area contributed by atoms with E-state index in [2.05, 4.69) is 34.6 Å². The van der Waals surface area contributed by atoms with Crippen molar-refractivity contribution >= 4 is 0 Å². The topological polar surface area (TPSA) is 20.2 Å². The summed E-state index contributed by atoms with van der Waals surface area (Å²) in [7, 11) is 0. The lowest BCUT2D eigenvalue weighted by atomic mass is 9.81. The zero-order valence-corrected chi connectivity index (χ0v) is 12.6. The molecule has 1 N–H and O–H groups in total. The highest BCUT2D eigenvalue weighted by atomic mass is 16.3. The molecule has 0 spiro atoms. The molecule has 1 nitrogen and oxygen atoms in total. The maximum absolute atomic E-state index is 10.7. The van der Waals surface area contributed by atoms with E-state index in [4.69, 9.17) is 0 Å². The summed E-state index contributed by atoms with van der Waals surface area (Å²) in [6, 6.07) is 0. The van der Waals surface area contributed by atoms with Crippen LogP contribution in [0.4, 0.5) is 0 Å². The van der Waals surface area contributed by atoms with Gasteiger partial charge in [0, 0.05) is 0 Å². The summed E-state index contributed by atoms with van der Waals surface area (Å²) in [5, 5.41) is 10.7. The third kappa shape index (κ3) is 5.42. The van der Waals surface area contributed by atoms with Crippen LogP contribution in [0.2, 0.25) is 0 Å². The molecule has 0 aromatic rings. The van der Waals surface area contributed by atoms with Gasteiger partial charge in [0.05, 0.1) is 5.60 Å². The quantitative estimate of drug-likeness (QED) is 0.704. The van der Waals surface area contributed by atoms with E-state index in [1.807, 2.05) is 0 Å². The molecular weight excluding hydrogens is 208 g/mol. The molecule has 0 bridgehead atoms. The monoisotopic (exact) mass is 240 g/mol. The number of hydrogen-bond donors (Lipinski definition) is 1. The molecule has 0 heterocycles. The molecule has 102 valence electrons. The van der Waals surface area contributed by atoms with Crippen LogP contribution >= 0.6 is 0 Å². The second kappa shape index (κ2) is 5.73. The minimum atomic E-state index is -0.364. The molecule has 1 fully saturated rings. The molecular formula is C16H32O. The summed E-state index contributed by atoms with van der Waals surface area (Å²) < 4.78 is 0. The van der Waals surface area contributed by atoms with Gasteiger partial charge >= 0.3 is 0 Å². The first-order valence-electron chi connectivity index (χ1n) is 7.44. The summed E-state index contributed by atoms with van der Waals surface area (Å²) in [4.78, 5) is 0. The van der Waals surface area contributed by atoms with E-state index in [9.17, 15) is 5.11 Å². The summed E-state index contributed by atoms with van der Waals surface area (Å²) in [6.45, 7) is 11.5. The molecule has 0 aliphatic heterocycles. The van der Waals surface area contributed by atoms with Crippen LogP contribution in [0.5, 0.6) is 0 Å². The van der Waals surface area contributed by atoms with Gasteiger partial charge in [-0.25, -0.2) is 0 Å². The van der Waals surface area contributed by atoms with Gasteiger partial charge in [-0.1, -0.05) is 47.5 Å². The zero-order valence-electron chi connectivity index (χ0n) is 12.6. The minimum absolute atomic E-state index is 0.347. The number of aliphatic hydroxyl groups is 1. The van der Waals surface area contributed by atoms with Crippen LogP contribution in [-0.2, 0) is 0 Å². The Morgan fingerprint density at radius 1 is 1.18 bits per heavy atom. The largest absolute Gasteiger partial charge is 0.390 e. The summed E-state index contributed by atoms with van der Waals surface area (Å²) in [6.07, 6.45) is 7.91. The fourth-order valence-electron chi connectivity index (χ4n) is 2.94. The summed E-state index contributed by atoms with van der Waals surface area (Å²) in [5.74, 6) is 1.61. The molecule has 1 aliphatic rings. The maximum atomic E-state index is 10.7. The van der Waals surface area contributed by atoms with Crippen molar-refractivity contribution < 1.29 is 5.11 Å². The number of hydrogen-bond acceptors (Lipinski definition) is 1. The Kier molecular flexibility index (Phi) is 5.07. The SMILES string of the molecule is CC(C)C1CCCC(O)(CCC(C)(C)C)CC1. The predicted octanol–water partition coefficient (Wildman–Crippen LogP) is 4.78. The first kappa shape index (κ1) is 15.0. The summed E-state index contributed by atoms with van der Waals surface area (Å²) >= 11 is 0. The van der Waals surface area contributed by atoms with E-state index in [1.165, 1.54) is 19.3 Å². The van der Waals surface area contributed by atoms with Gasteiger partial charge in [-0.15, -0.1) is 0 Å². The van der Waals surface area contributed by atoms with Crippen molar-refractivity contribution in [3.05, 3.63) is 0 Å². The third-order valence-corrected chi connectivity index (χ3v) is 4.48. The standard InChI is InChI=1S/C16H32O/c1-13(2)14-7-6-9-16(17,10-8-14)12-11-15(3,4)5/h13-14,17H,6-12H2,1-5H3. The Balaban J connectivity index is 2.48. The van der Waals surface area contributed by atoms with E-state index in [0.29, 0.717) is 5.41 Å². The average Bonchev–Trinajstić information content (AvgIpc) is 2.37. The normalized spacial score (nSPS) is 31.6. The molecule has 1 aliphatic carbocycles. The van der Waals surface area contributed by atoms with Crippen LogP contribution in [0.3, 0.4) is 0 Å². The predicted molar refractivity (Wildman–Crippen MR) is 75.1 cm³/mol. The minimum Gasteiger partial charge on any atom is -0.390 e. The molecule has 1 heteroatoms. The molecule has 2 unspecified atom stereocenters. The molecule has 2 atom stereocenters. The van der Waals surface area contributed by atoms with Crippen molar-refractivity contribution in [3.8, 4) is 0 Å². The Morgan fingerprint density at radius 2 is 1.82 bits per heavy atom. The van der Waals surface area contributed by atoms with Crippen LogP contribution < -0.4 is 0 Å². The van der Waals surface area contributed by atoms with Crippen molar-refractivity contribution in [2.45, 2.75) is 85.2 Å². The third-order valence-electron chi connectivity index (χ3n) is 4.48. The van der Waals surface area contributed by atoms with Crippen molar-refractivity contribution in [1.82, 2.24) is 0 Å².